The molecule has 3 rings (SSSR count). The van der Waals surface area contributed by atoms with Gasteiger partial charge in [-0.1, -0.05) is 64.3 Å². The van der Waals surface area contributed by atoms with Crippen molar-refractivity contribution in [3.05, 3.63) is 92.9 Å². The molecule has 38 heavy (non-hydrogen) atoms. The van der Waals surface area contributed by atoms with Gasteiger partial charge < -0.3 is 10.2 Å². The molecule has 0 saturated heterocycles. The van der Waals surface area contributed by atoms with E-state index in [2.05, 4.69) is 21.2 Å². The Morgan fingerprint density at radius 1 is 0.974 bits per heavy atom. The molecule has 0 aliphatic carbocycles. The molecule has 0 fully saturated rings. The van der Waals surface area contributed by atoms with E-state index in [9.17, 15) is 18.0 Å². The van der Waals surface area contributed by atoms with Gasteiger partial charge in [-0.25, -0.2) is 8.42 Å². The summed E-state index contributed by atoms with van der Waals surface area (Å²) in [6.45, 7) is 3.58. The van der Waals surface area contributed by atoms with Crippen molar-refractivity contribution in [2.75, 3.05) is 17.4 Å². The van der Waals surface area contributed by atoms with Gasteiger partial charge in [0.05, 0.1) is 10.6 Å². The number of sulfonamides is 1. The Morgan fingerprint density at radius 2 is 1.63 bits per heavy atom. The summed E-state index contributed by atoms with van der Waals surface area (Å²) in [6, 6.07) is 18.4. The van der Waals surface area contributed by atoms with E-state index in [1.807, 2.05) is 31.2 Å². The van der Waals surface area contributed by atoms with Gasteiger partial charge in [-0.15, -0.1) is 0 Å². The molecule has 0 heterocycles. The van der Waals surface area contributed by atoms with E-state index in [0.29, 0.717) is 16.6 Å². The lowest BCUT2D eigenvalue weighted by Gasteiger charge is -2.32. The van der Waals surface area contributed by atoms with Crippen LogP contribution in [0.4, 0.5) is 5.69 Å². The number of halogens is 3. The zero-order chi connectivity index (χ0) is 27.9. The minimum atomic E-state index is -4.19. The monoisotopic (exact) mass is 639 g/mol. The van der Waals surface area contributed by atoms with Crippen molar-refractivity contribution in [1.82, 2.24) is 10.2 Å². The zero-order valence-corrected chi connectivity index (χ0v) is 24.8. The molecule has 2 amide bonds. The van der Waals surface area contributed by atoms with Crippen molar-refractivity contribution in [3.8, 4) is 0 Å². The van der Waals surface area contributed by atoms with Crippen LogP contribution in [0.3, 0.4) is 0 Å². The van der Waals surface area contributed by atoms with Crippen molar-refractivity contribution in [1.29, 1.82) is 0 Å². The van der Waals surface area contributed by atoms with Crippen molar-refractivity contribution in [2.24, 2.45) is 0 Å². The first-order valence-electron chi connectivity index (χ1n) is 11.9. The van der Waals surface area contributed by atoms with Crippen LogP contribution in [0.25, 0.3) is 0 Å². The van der Waals surface area contributed by atoms with Gasteiger partial charge in [-0.3, -0.25) is 13.9 Å². The second-order valence-corrected chi connectivity index (χ2v) is 12.2. The van der Waals surface area contributed by atoms with Gasteiger partial charge in [0.2, 0.25) is 11.8 Å². The predicted octanol–water partition coefficient (Wildman–Crippen LogP) is 5.89. The SMILES string of the molecule is CCCNC(=O)[C@H](C)N(Cc1ccc(Br)cc1)C(=O)CN(c1cccc(Cl)c1)S(=O)(=O)c1ccc(Cl)cc1. The van der Waals surface area contributed by atoms with Crippen LogP contribution in [-0.2, 0) is 26.2 Å². The molecule has 0 radical (unpaired) electrons. The molecule has 0 aliphatic rings. The number of rotatable bonds is 11. The van der Waals surface area contributed by atoms with E-state index in [0.717, 1.165) is 20.8 Å². The van der Waals surface area contributed by atoms with Crippen LogP contribution in [0.1, 0.15) is 25.8 Å². The van der Waals surface area contributed by atoms with E-state index in [1.165, 1.54) is 35.2 Å². The van der Waals surface area contributed by atoms with E-state index >= 15 is 0 Å². The Bertz CT molecular complexity index is 1370. The van der Waals surface area contributed by atoms with E-state index in [-0.39, 0.29) is 23.0 Å². The molecule has 1 atom stereocenters. The molecule has 3 aromatic rings. The maximum atomic E-state index is 13.8. The molecule has 0 saturated carbocycles. The molecular formula is C27H28BrCl2N3O4S. The highest BCUT2D eigenvalue weighted by Gasteiger charge is 2.32. The van der Waals surface area contributed by atoms with Gasteiger partial charge in [0.25, 0.3) is 10.0 Å². The average molecular weight is 641 g/mol. The van der Waals surface area contributed by atoms with Gasteiger partial charge in [0, 0.05) is 27.6 Å². The number of nitrogens with one attached hydrogen (secondary N) is 1. The number of hydrogen-bond acceptors (Lipinski definition) is 4. The highest BCUT2D eigenvalue weighted by molar-refractivity contribution is 9.10. The van der Waals surface area contributed by atoms with Crippen molar-refractivity contribution in [2.45, 2.75) is 37.8 Å². The number of carbonyl (C=O) groups is 2. The van der Waals surface area contributed by atoms with Gasteiger partial charge >= 0.3 is 0 Å². The summed E-state index contributed by atoms with van der Waals surface area (Å²) in [5.74, 6) is -0.878. The first kappa shape index (κ1) is 30.0. The molecule has 0 unspecified atom stereocenters. The van der Waals surface area contributed by atoms with Crippen LogP contribution in [0.5, 0.6) is 0 Å². The molecule has 0 bridgehead atoms. The van der Waals surface area contributed by atoms with Crippen LogP contribution >= 0.6 is 39.1 Å². The van der Waals surface area contributed by atoms with E-state index < -0.39 is 28.5 Å². The first-order chi connectivity index (χ1) is 18.0. The Morgan fingerprint density at radius 3 is 2.24 bits per heavy atom. The first-order valence-corrected chi connectivity index (χ1v) is 14.9. The summed E-state index contributed by atoms with van der Waals surface area (Å²) < 4.78 is 29.3. The summed E-state index contributed by atoms with van der Waals surface area (Å²) in [6.07, 6.45) is 0.737. The standard InChI is InChI=1S/C27H28BrCl2N3O4S/c1-3-15-31-27(35)19(2)32(17-20-7-9-21(28)10-8-20)26(34)18-33(24-6-4-5-23(30)16-24)38(36,37)25-13-11-22(29)12-14-25/h4-14,16,19H,3,15,17-18H2,1-2H3,(H,31,35)/t19-/m0/s1. The molecular weight excluding hydrogens is 613 g/mol. The van der Waals surface area contributed by atoms with Crippen LogP contribution in [-0.4, -0.2) is 44.3 Å². The largest absolute Gasteiger partial charge is 0.354 e. The molecule has 0 aliphatic heterocycles. The number of hydrogen-bond donors (Lipinski definition) is 1. The number of benzene rings is 3. The summed E-state index contributed by atoms with van der Waals surface area (Å²) in [5.41, 5.74) is 0.999. The topological polar surface area (TPSA) is 86.8 Å². The van der Waals surface area contributed by atoms with Gasteiger partial charge in [0.15, 0.2) is 0 Å². The maximum absolute atomic E-state index is 13.8. The summed E-state index contributed by atoms with van der Waals surface area (Å²) in [4.78, 5) is 28.0. The number of anilines is 1. The fourth-order valence-electron chi connectivity index (χ4n) is 3.66. The van der Waals surface area contributed by atoms with Crippen molar-refractivity contribution >= 4 is 66.7 Å². The van der Waals surface area contributed by atoms with Crippen LogP contribution in [0.15, 0.2) is 82.2 Å². The molecule has 11 heteroatoms. The molecule has 0 aromatic heterocycles. The van der Waals surface area contributed by atoms with E-state index in [4.69, 9.17) is 23.2 Å². The molecule has 7 nitrogen and oxygen atoms in total. The summed E-state index contributed by atoms with van der Waals surface area (Å²) in [7, 11) is -4.19. The van der Waals surface area contributed by atoms with E-state index in [1.54, 1.807) is 25.1 Å². The third kappa shape index (κ3) is 7.72. The molecule has 0 spiro atoms. The van der Waals surface area contributed by atoms with Crippen molar-refractivity contribution in [3.63, 3.8) is 0 Å². The van der Waals surface area contributed by atoms with Gasteiger partial charge in [-0.05, 0) is 73.5 Å². The number of carbonyl (C=O) groups excluding carboxylic acids is 2. The minimum absolute atomic E-state index is 0.0390. The average Bonchev–Trinajstić information content (AvgIpc) is 2.89. The predicted molar refractivity (Wildman–Crippen MR) is 155 cm³/mol. The third-order valence-electron chi connectivity index (χ3n) is 5.76. The zero-order valence-electron chi connectivity index (χ0n) is 20.9. The van der Waals surface area contributed by atoms with Gasteiger partial charge in [0.1, 0.15) is 12.6 Å². The smallest absolute Gasteiger partial charge is 0.264 e. The van der Waals surface area contributed by atoms with Crippen molar-refractivity contribution < 1.29 is 18.0 Å². The normalized spacial score (nSPS) is 12.0. The second-order valence-electron chi connectivity index (χ2n) is 8.56. The highest BCUT2D eigenvalue weighted by Crippen LogP contribution is 2.27. The summed E-state index contributed by atoms with van der Waals surface area (Å²) >= 11 is 15.5. The number of nitrogens with zero attached hydrogens (tertiary/aromatic N) is 2. The number of amides is 2. The Kier molecular flexibility index (Phi) is 10.6. The van der Waals surface area contributed by atoms with Crippen LogP contribution in [0.2, 0.25) is 10.0 Å². The lowest BCUT2D eigenvalue weighted by atomic mass is 10.1. The highest BCUT2D eigenvalue weighted by atomic mass is 79.9. The lowest BCUT2D eigenvalue weighted by Crippen LogP contribution is -2.51. The lowest BCUT2D eigenvalue weighted by molar-refractivity contribution is -0.139. The molecule has 202 valence electrons. The molecule has 3 aromatic carbocycles. The van der Waals surface area contributed by atoms with Crippen LogP contribution in [0, 0.1) is 0 Å². The molecule has 1 N–H and O–H groups in total. The minimum Gasteiger partial charge on any atom is -0.354 e. The Balaban J connectivity index is 2.01. The Hall–Kier alpha value is -2.59. The maximum Gasteiger partial charge on any atom is 0.264 e. The fraction of sp³-hybridized carbons (Fsp3) is 0.259. The summed E-state index contributed by atoms with van der Waals surface area (Å²) in [5, 5.41) is 3.50. The van der Waals surface area contributed by atoms with Gasteiger partial charge in [-0.2, -0.15) is 0 Å². The fourth-order valence-corrected chi connectivity index (χ4v) is 5.64. The second kappa shape index (κ2) is 13.5. The third-order valence-corrected chi connectivity index (χ3v) is 8.56. The Labute approximate surface area is 241 Å². The van der Waals surface area contributed by atoms with Crippen LogP contribution < -0.4 is 9.62 Å². The quantitative estimate of drug-likeness (QED) is 0.283.